The Labute approximate surface area is 335 Å². The molecule has 3 fully saturated rings. The Bertz CT molecular complexity index is 1570. The highest BCUT2D eigenvalue weighted by Gasteiger charge is 2.58. The average molecular weight is 855 g/mol. The average Bonchev–Trinajstić information content (AvgIpc) is 3.08. The van der Waals surface area contributed by atoms with Crippen LogP contribution in [0, 0.1) is 0 Å². The van der Waals surface area contributed by atoms with Crippen LogP contribution < -0.4 is 0 Å². The van der Waals surface area contributed by atoms with Gasteiger partial charge in [-0.25, -0.2) is 4.39 Å². The third-order valence-corrected chi connectivity index (χ3v) is 8.15. The van der Waals surface area contributed by atoms with Gasteiger partial charge in [-0.15, -0.1) is 0 Å². The largest absolute Gasteiger partial charge is 0.463 e. The molecule has 3 saturated heterocycles. The number of hydrogen-bond donors (Lipinski definition) is 0. The minimum absolute atomic E-state index is 0.461. The van der Waals surface area contributed by atoms with Crippen LogP contribution in [-0.4, -0.2) is 160 Å². The van der Waals surface area contributed by atoms with Crippen molar-refractivity contribution in [2.45, 2.75) is 148 Å². The van der Waals surface area contributed by atoms with Crippen molar-refractivity contribution in [3.05, 3.63) is 0 Å². The van der Waals surface area contributed by atoms with Gasteiger partial charge in [0.05, 0.1) is 13.2 Å². The first kappa shape index (κ1) is 48.3. The van der Waals surface area contributed by atoms with Crippen molar-refractivity contribution in [2.75, 3.05) is 19.8 Å². The molecule has 3 heterocycles. The fourth-order valence-electron chi connectivity index (χ4n) is 6.30. The lowest BCUT2D eigenvalue weighted by Crippen LogP contribution is -2.67. The SMILES string of the molecule is CC(=O)OC[C@H]1O[C@H](F)[C@H](OC(C)=O)[C@@H](OC(C)=O)[C@@H]1O[C@@H]1O[C@H](CO[C@H]2OC[C@@H](OC(C)=O)[C@H](OC(C)=O)[C@H]2OC(C)=O)[C@@H](OC(C)=O)[C@H](OC(C)=O)[C@H]1OC(C)=O. The summed E-state index contributed by atoms with van der Waals surface area (Å²) in [6.45, 7) is 6.95. The minimum atomic E-state index is -2.49. The predicted octanol–water partition coefficient (Wildman–Crippen LogP) is -0.819. The zero-order valence-electron chi connectivity index (χ0n) is 33.5. The van der Waals surface area contributed by atoms with Crippen molar-refractivity contribution in [1.29, 1.82) is 0 Å². The zero-order chi connectivity index (χ0) is 44.3. The highest BCUT2D eigenvalue weighted by molar-refractivity contribution is 5.70. The molecule has 0 aromatic rings. The molecular weight excluding hydrogens is 807 g/mol. The van der Waals surface area contributed by atoms with Crippen molar-refractivity contribution >= 4 is 53.7 Å². The number of rotatable bonds is 15. The molecular formula is C35H47FO23. The maximum Gasteiger partial charge on any atom is 0.303 e. The molecule has 0 saturated carbocycles. The monoisotopic (exact) mass is 854 g/mol. The van der Waals surface area contributed by atoms with Crippen LogP contribution in [0.4, 0.5) is 4.39 Å². The van der Waals surface area contributed by atoms with Gasteiger partial charge in [0.25, 0.3) is 0 Å². The Morgan fingerprint density at radius 1 is 0.441 bits per heavy atom. The molecule has 0 radical (unpaired) electrons. The summed E-state index contributed by atoms with van der Waals surface area (Å²) >= 11 is 0. The summed E-state index contributed by atoms with van der Waals surface area (Å²) in [7, 11) is 0. The van der Waals surface area contributed by atoms with Crippen molar-refractivity contribution in [1.82, 2.24) is 0 Å². The third kappa shape index (κ3) is 14.3. The van der Waals surface area contributed by atoms with Crippen LogP contribution in [0.5, 0.6) is 0 Å². The Hall–Kier alpha value is -5.04. The van der Waals surface area contributed by atoms with Crippen LogP contribution in [0.3, 0.4) is 0 Å². The number of ether oxygens (including phenoxy) is 14. The second-order valence-electron chi connectivity index (χ2n) is 13.2. The summed E-state index contributed by atoms with van der Waals surface area (Å²) in [4.78, 5) is 110. The molecule has 3 aliphatic rings. The third-order valence-electron chi connectivity index (χ3n) is 8.15. The standard InChI is InChI=1S/C35H47FO23/c1-13(37)46-10-23-26(28(52-17(5)41)30(33(36)57-23)54-19(7)43)59-35-32(56-21(9)45)29(53-18(6)42)25(50-15(3)39)24(58-35)12-48-34-31(55-20(8)44)27(51-16(4)40)22(11-47-34)49-14(2)38/h22-35H,10-12H2,1-9H3/t22-,23-,24-,25-,26-,27+,28+,29+,30-,31-,32-,33+,34-,35+/m1/s1. The van der Waals surface area contributed by atoms with Gasteiger partial charge in [0.2, 0.25) is 6.36 Å². The van der Waals surface area contributed by atoms with E-state index >= 15 is 4.39 Å². The van der Waals surface area contributed by atoms with Crippen molar-refractivity contribution in [2.24, 2.45) is 0 Å². The van der Waals surface area contributed by atoms with Gasteiger partial charge in [-0.2, -0.15) is 0 Å². The van der Waals surface area contributed by atoms with Gasteiger partial charge in [0, 0.05) is 62.3 Å². The maximum atomic E-state index is 15.5. The second kappa shape index (κ2) is 21.8. The number of esters is 9. The molecule has 3 rings (SSSR count). The normalized spacial score (nSPS) is 32.8. The van der Waals surface area contributed by atoms with E-state index in [-0.39, 0.29) is 0 Å². The summed E-state index contributed by atoms with van der Waals surface area (Å²) in [5.41, 5.74) is 0. The van der Waals surface area contributed by atoms with E-state index in [9.17, 15) is 43.2 Å². The molecule has 0 amide bonds. The summed E-state index contributed by atoms with van der Waals surface area (Å²) in [5.74, 6) is -8.48. The molecule has 0 aromatic heterocycles. The topological polar surface area (TPSA) is 283 Å². The van der Waals surface area contributed by atoms with Gasteiger partial charge in [-0.3, -0.25) is 43.2 Å². The van der Waals surface area contributed by atoms with Crippen LogP contribution >= 0.6 is 0 Å². The van der Waals surface area contributed by atoms with Crippen LogP contribution in [0.15, 0.2) is 0 Å². The lowest BCUT2D eigenvalue weighted by atomic mass is 9.96. The van der Waals surface area contributed by atoms with Gasteiger partial charge in [0.1, 0.15) is 24.9 Å². The molecule has 332 valence electrons. The van der Waals surface area contributed by atoms with Crippen molar-refractivity contribution in [3.8, 4) is 0 Å². The van der Waals surface area contributed by atoms with E-state index in [1.54, 1.807) is 0 Å². The van der Waals surface area contributed by atoms with Gasteiger partial charge >= 0.3 is 53.7 Å². The quantitative estimate of drug-likeness (QED) is 0.144. The number of halogens is 1. The molecule has 23 nitrogen and oxygen atoms in total. The molecule has 0 bridgehead atoms. The summed E-state index contributed by atoms with van der Waals surface area (Å²) in [5, 5.41) is 0. The molecule has 0 spiro atoms. The lowest BCUT2D eigenvalue weighted by molar-refractivity contribution is -0.357. The smallest absolute Gasteiger partial charge is 0.303 e. The number of hydrogen-bond acceptors (Lipinski definition) is 23. The maximum absolute atomic E-state index is 15.5. The number of alkyl halides is 1. The summed E-state index contributed by atoms with van der Waals surface area (Å²) in [6.07, 6.45) is -24.8. The first-order chi connectivity index (χ1) is 27.6. The first-order valence-corrected chi connectivity index (χ1v) is 17.9. The molecule has 24 heteroatoms. The molecule has 0 unspecified atom stereocenters. The van der Waals surface area contributed by atoms with Gasteiger partial charge in [0.15, 0.2) is 61.4 Å². The Kier molecular flexibility index (Phi) is 17.9. The Morgan fingerprint density at radius 3 is 1.34 bits per heavy atom. The number of carbonyl (C=O) groups excluding carboxylic acids is 9. The highest BCUT2D eigenvalue weighted by Crippen LogP contribution is 2.36. The predicted molar refractivity (Wildman–Crippen MR) is 180 cm³/mol. The van der Waals surface area contributed by atoms with E-state index in [0.717, 1.165) is 62.3 Å². The molecule has 59 heavy (non-hydrogen) atoms. The molecule has 0 aliphatic carbocycles. The fourth-order valence-corrected chi connectivity index (χ4v) is 6.30. The molecule has 14 atom stereocenters. The zero-order valence-corrected chi connectivity index (χ0v) is 33.5. The van der Waals surface area contributed by atoms with Crippen molar-refractivity contribution in [3.63, 3.8) is 0 Å². The Morgan fingerprint density at radius 2 is 0.847 bits per heavy atom. The molecule has 3 aliphatic heterocycles. The summed E-state index contributed by atoms with van der Waals surface area (Å²) in [6, 6.07) is 0. The van der Waals surface area contributed by atoms with Gasteiger partial charge in [-0.1, -0.05) is 0 Å². The number of carbonyl (C=O) groups is 9. The van der Waals surface area contributed by atoms with E-state index < -0.39 is 160 Å². The molecule has 0 N–H and O–H groups in total. The van der Waals surface area contributed by atoms with Crippen LogP contribution in [0.2, 0.25) is 0 Å². The van der Waals surface area contributed by atoms with Crippen LogP contribution in [-0.2, 0) is 109 Å². The van der Waals surface area contributed by atoms with E-state index in [2.05, 4.69) is 0 Å². The Balaban J connectivity index is 2.14. The van der Waals surface area contributed by atoms with E-state index in [1.165, 1.54) is 0 Å². The van der Waals surface area contributed by atoms with Crippen LogP contribution in [0.1, 0.15) is 62.3 Å². The van der Waals surface area contributed by atoms with E-state index in [1.807, 2.05) is 0 Å². The molecule has 0 aromatic carbocycles. The second-order valence-corrected chi connectivity index (χ2v) is 13.2. The van der Waals surface area contributed by atoms with Gasteiger partial charge < -0.3 is 66.3 Å². The first-order valence-electron chi connectivity index (χ1n) is 17.9. The minimum Gasteiger partial charge on any atom is -0.463 e. The van der Waals surface area contributed by atoms with Crippen molar-refractivity contribution < 1.29 is 114 Å². The van der Waals surface area contributed by atoms with Gasteiger partial charge in [-0.05, 0) is 0 Å². The lowest BCUT2D eigenvalue weighted by Gasteiger charge is -2.48. The highest BCUT2D eigenvalue weighted by atomic mass is 19.1. The fraction of sp³-hybridized carbons (Fsp3) is 0.743. The van der Waals surface area contributed by atoms with E-state index in [0.29, 0.717) is 0 Å². The summed E-state index contributed by atoms with van der Waals surface area (Å²) < 4.78 is 92.7. The van der Waals surface area contributed by atoms with Crippen LogP contribution in [0.25, 0.3) is 0 Å². The van der Waals surface area contributed by atoms with E-state index in [4.69, 9.17) is 66.3 Å².